The summed E-state index contributed by atoms with van der Waals surface area (Å²) in [6, 6.07) is 3.19. The van der Waals surface area contributed by atoms with Crippen LogP contribution in [-0.2, 0) is 4.74 Å². The summed E-state index contributed by atoms with van der Waals surface area (Å²) in [5.41, 5.74) is 0.363. The molecular formula is C15H23F2NO2. The Morgan fingerprint density at radius 2 is 1.90 bits per heavy atom. The van der Waals surface area contributed by atoms with E-state index < -0.39 is 17.7 Å². The van der Waals surface area contributed by atoms with Crippen molar-refractivity contribution >= 4 is 0 Å². The summed E-state index contributed by atoms with van der Waals surface area (Å²) < 4.78 is 31.3. The quantitative estimate of drug-likeness (QED) is 0.722. The normalized spacial score (nSPS) is 14.6. The highest BCUT2D eigenvalue weighted by Gasteiger charge is 2.17. The van der Waals surface area contributed by atoms with Gasteiger partial charge in [-0.25, -0.2) is 8.78 Å². The number of halogens is 2. The van der Waals surface area contributed by atoms with Crippen LogP contribution in [0.4, 0.5) is 8.78 Å². The van der Waals surface area contributed by atoms with Crippen molar-refractivity contribution in [2.75, 3.05) is 13.2 Å². The molecule has 1 aromatic carbocycles. The second-order valence-corrected chi connectivity index (χ2v) is 5.13. The smallest absolute Gasteiger partial charge is 0.159 e. The molecule has 0 saturated heterocycles. The number of rotatable bonds is 8. The molecule has 1 rings (SSSR count). The van der Waals surface area contributed by atoms with Gasteiger partial charge in [0, 0.05) is 12.6 Å². The fraction of sp³-hybridized carbons (Fsp3) is 0.600. The maximum absolute atomic E-state index is 13.1. The fourth-order valence-corrected chi connectivity index (χ4v) is 1.82. The van der Waals surface area contributed by atoms with Crippen molar-refractivity contribution in [3.05, 3.63) is 35.4 Å². The molecule has 0 heterocycles. The lowest BCUT2D eigenvalue weighted by Gasteiger charge is -2.21. The van der Waals surface area contributed by atoms with Crippen LogP contribution in [-0.4, -0.2) is 30.4 Å². The minimum absolute atomic E-state index is 0.209. The molecule has 2 atom stereocenters. The molecule has 3 nitrogen and oxygen atoms in total. The number of nitrogens with one attached hydrogen (secondary N) is 1. The SMILES string of the molecule is CC(C)OCCCNC(C)C(O)c1ccc(F)c(F)c1. The number of hydrogen-bond donors (Lipinski definition) is 2. The average molecular weight is 287 g/mol. The second-order valence-electron chi connectivity index (χ2n) is 5.13. The van der Waals surface area contributed by atoms with Crippen LogP contribution in [0, 0.1) is 11.6 Å². The Labute approximate surface area is 119 Å². The molecule has 0 spiro atoms. The monoisotopic (exact) mass is 287 g/mol. The molecule has 20 heavy (non-hydrogen) atoms. The van der Waals surface area contributed by atoms with E-state index in [0.29, 0.717) is 18.7 Å². The van der Waals surface area contributed by atoms with Gasteiger partial charge in [0.15, 0.2) is 11.6 Å². The molecule has 0 amide bonds. The Morgan fingerprint density at radius 3 is 2.50 bits per heavy atom. The minimum atomic E-state index is -0.945. The van der Waals surface area contributed by atoms with Crippen molar-refractivity contribution in [1.82, 2.24) is 5.32 Å². The third-order valence-corrected chi connectivity index (χ3v) is 3.00. The Morgan fingerprint density at radius 1 is 1.20 bits per heavy atom. The lowest BCUT2D eigenvalue weighted by Crippen LogP contribution is -2.33. The summed E-state index contributed by atoms with van der Waals surface area (Å²) in [6.45, 7) is 7.09. The van der Waals surface area contributed by atoms with Gasteiger partial charge in [-0.2, -0.15) is 0 Å². The van der Waals surface area contributed by atoms with Crippen LogP contribution in [0.5, 0.6) is 0 Å². The van der Waals surface area contributed by atoms with E-state index in [4.69, 9.17) is 4.74 Å². The van der Waals surface area contributed by atoms with Crippen molar-refractivity contribution in [3.8, 4) is 0 Å². The Hall–Kier alpha value is -1.04. The van der Waals surface area contributed by atoms with E-state index in [0.717, 1.165) is 18.6 Å². The number of hydrogen-bond acceptors (Lipinski definition) is 3. The summed E-state index contributed by atoms with van der Waals surface area (Å²) in [5, 5.41) is 13.2. The summed E-state index contributed by atoms with van der Waals surface area (Å²) in [5.74, 6) is -1.86. The maximum Gasteiger partial charge on any atom is 0.159 e. The number of aliphatic hydroxyl groups excluding tert-OH is 1. The van der Waals surface area contributed by atoms with Crippen molar-refractivity contribution in [3.63, 3.8) is 0 Å². The van der Waals surface area contributed by atoms with Gasteiger partial charge in [0.05, 0.1) is 12.2 Å². The molecule has 2 N–H and O–H groups in total. The van der Waals surface area contributed by atoms with E-state index in [1.807, 2.05) is 13.8 Å². The minimum Gasteiger partial charge on any atom is -0.387 e. The first kappa shape index (κ1) is 17.0. The van der Waals surface area contributed by atoms with Gasteiger partial charge in [0.25, 0.3) is 0 Å². The van der Waals surface area contributed by atoms with Crippen molar-refractivity contribution in [2.24, 2.45) is 0 Å². The molecular weight excluding hydrogens is 264 g/mol. The zero-order valence-corrected chi connectivity index (χ0v) is 12.2. The Kier molecular flexibility index (Phi) is 7.05. The number of ether oxygens (including phenoxy) is 1. The fourth-order valence-electron chi connectivity index (χ4n) is 1.82. The molecule has 0 aliphatic heterocycles. The van der Waals surface area contributed by atoms with E-state index in [-0.39, 0.29) is 12.1 Å². The van der Waals surface area contributed by atoms with Crippen LogP contribution in [0.25, 0.3) is 0 Å². The highest BCUT2D eigenvalue weighted by molar-refractivity contribution is 5.21. The van der Waals surface area contributed by atoms with Gasteiger partial charge in [0.1, 0.15) is 0 Å². The predicted molar refractivity (Wildman–Crippen MR) is 74.5 cm³/mol. The van der Waals surface area contributed by atoms with Gasteiger partial charge in [-0.15, -0.1) is 0 Å². The van der Waals surface area contributed by atoms with Gasteiger partial charge >= 0.3 is 0 Å². The second kappa shape index (κ2) is 8.29. The molecule has 0 aromatic heterocycles. The predicted octanol–water partition coefficient (Wildman–Crippen LogP) is 2.79. The first-order valence-electron chi connectivity index (χ1n) is 6.89. The van der Waals surface area contributed by atoms with Crippen molar-refractivity contribution < 1.29 is 18.6 Å². The van der Waals surface area contributed by atoms with Crippen molar-refractivity contribution in [2.45, 2.75) is 45.4 Å². The molecule has 1 aromatic rings. The van der Waals surface area contributed by atoms with Crippen molar-refractivity contribution in [1.29, 1.82) is 0 Å². The van der Waals surface area contributed by atoms with Crippen LogP contribution in [0.15, 0.2) is 18.2 Å². The largest absolute Gasteiger partial charge is 0.387 e. The molecule has 114 valence electrons. The lowest BCUT2D eigenvalue weighted by atomic mass is 10.0. The standard InChI is InChI=1S/C15H23F2NO2/c1-10(2)20-8-4-7-18-11(3)15(19)12-5-6-13(16)14(17)9-12/h5-6,9-11,15,18-19H,4,7-8H2,1-3H3. The maximum atomic E-state index is 13.1. The summed E-state index contributed by atoms with van der Waals surface area (Å²) >= 11 is 0. The molecule has 0 radical (unpaired) electrons. The van der Waals surface area contributed by atoms with Crippen LogP contribution >= 0.6 is 0 Å². The molecule has 5 heteroatoms. The van der Waals surface area contributed by atoms with Crippen LogP contribution in [0.2, 0.25) is 0 Å². The van der Waals surface area contributed by atoms with Gasteiger partial charge in [0.2, 0.25) is 0 Å². The zero-order valence-electron chi connectivity index (χ0n) is 12.2. The molecule has 0 fully saturated rings. The van der Waals surface area contributed by atoms with Gasteiger partial charge in [-0.3, -0.25) is 0 Å². The van der Waals surface area contributed by atoms with Gasteiger partial charge in [-0.05, 0) is 51.4 Å². The Balaban J connectivity index is 2.38. The molecule has 0 bridgehead atoms. The highest BCUT2D eigenvalue weighted by Crippen LogP contribution is 2.19. The van der Waals surface area contributed by atoms with Crippen LogP contribution in [0.1, 0.15) is 38.9 Å². The lowest BCUT2D eigenvalue weighted by molar-refractivity contribution is 0.0746. The Bertz CT molecular complexity index is 413. The number of aliphatic hydroxyl groups is 1. The van der Waals surface area contributed by atoms with Gasteiger partial charge in [-0.1, -0.05) is 6.07 Å². The summed E-state index contributed by atoms with van der Waals surface area (Å²) in [6.07, 6.45) is 0.156. The van der Waals surface area contributed by atoms with E-state index in [1.165, 1.54) is 6.07 Å². The molecule has 0 aliphatic rings. The zero-order chi connectivity index (χ0) is 15.1. The third kappa shape index (κ3) is 5.53. The van der Waals surface area contributed by atoms with E-state index in [1.54, 1.807) is 6.92 Å². The molecule has 0 saturated carbocycles. The van der Waals surface area contributed by atoms with E-state index in [2.05, 4.69) is 5.32 Å². The van der Waals surface area contributed by atoms with E-state index in [9.17, 15) is 13.9 Å². The van der Waals surface area contributed by atoms with E-state index >= 15 is 0 Å². The molecule has 2 unspecified atom stereocenters. The van der Waals surface area contributed by atoms with Crippen LogP contribution in [0.3, 0.4) is 0 Å². The summed E-state index contributed by atoms with van der Waals surface area (Å²) in [4.78, 5) is 0. The first-order valence-corrected chi connectivity index (χ1v) is 6.89. The summed E-state index contributed by atoms with van der Waals surface area (Å²) in [7, 11) is 0. The topological polar surface area (TPSA) is 41.5 Å². The third-order valence-electron chi connectivity index (χ3n) is 3.00. The highest BCUT2D eigenvalue weighted by atomic mass is 19.2. The first-order chi connectivity index (χ1) is 9.41. The number of benzene rings is 1. The molecule has 0 aliphatic carbocycles. The van der Waals surface area contributed by atoms with Gasteiger partial charge < -0.3 is 15.2 Å². The van der Waals surface area contributed by atoms with Crippen LogP contribution < -0.4 is 5.32 Å². The average Bonchev–Trinajstić information content (AvgIpc) is 2.40.